The lowest BCUT2D eigenvalue weighted by Crippen LogP contribution is -2.40. The van der Waals surface area contributed by atoms with Gasteiger partial charge in [0.25, 0.3) is 0 Å². The molecule has 0 radical (unpaired) electrons. The van der Waals surface area contributed by atoms with E-state index in [-0.39, 0.29) is 0 Å². The number of hydrogen-bond acceptors (Lipinski definition) is 5. The molecular formula is C18H28N6O2. The summed E-state index contributed by atoms with van der Waals surface area (Å²) in [5, 5.41) is 11.6. The van der Waals surface area contributed by atoms with Gasteiger partial charge >= 0.3 is 0 Å². The Hall–Kier alpha value is -2.35. The summed E-state index contributed by atoms with van der Waals surface area (Å²) in [5.74, 6) is 3.29. The Morgan fingerprint density at radius 2 is 2.42 bits per heavy atom. The van der Waals surface area contributed by atoms with Gasteiger partial charge in [-0.15, -0.1) is 10.2 Å². The van der Waals surface area contributed by atoms with E-state index in [0.717, 1.165) is 63.2 Å². The Labute approximate surface area is 154 Å². The van der Waals surface area contributed by atoms with Crippen LogP contribution < -0.4 is 5.32 Å². The van der Waals surface area contributed by atoms with Gasteiger partial charge in [0, 0.05) is 45.6 Å². The van der Waals surface area contributed by atoms with Crippen LogP contribution in [-0.4, -0.2) is 59.0 Å². The number of rotatable bonds is 8. The average Bonchev–Trinajstić information content (AvgIpc) is 3.39. The summed E-state index contributed by atoms with van der Waals surface area (Å²) in [6, 6.07) is 3.88. The molecule has 0 saturated carbocycles. The second-order valence-electron chi connectivity index (χ2n) is 6.55. The van der Waals surface area contributed by atoms with Crippen molar-refractivity contribution in [1.82, 2.24) is 25.0 Å². The first kappa shape index (κ1) is 18.4. The Bertz CT molecular complexity index is 676. The summed E-state index contributed by atoms with van der Waals surface area (Å²) in [6.45, 7) is 6.74. The van der Waals surface area contributed by atoms with Crippen molar-refractivity contribution in [3.63, 3.8) is 0 Å². The van der Waals surface area contributed by atoms with Crippen molar-refractivity contribution >= 4 is 5.96 Å². The number of aliphatic imine (C=N–C) groups is 1. The molecule has 0 bridgehead atoms. The Balaban J connectivity index is 1.58. The molecule has 0 aliphatic carbocycles. The maximum Gasteiger partial charge on any atom is 0.194 e. The van der Waals surface area contributed by atoms with Crippen molar-refractivity contribution in [2.24, 2.45) is 10.9 Å². The summed E-state index contributed by atoms with van der Waals surface area (Å²) in [6.07, 6.45) is 5.43. The molecule has 3 heterocycles. The summed E-state index contributed by atoms with van der Waals surface area (Å²) in [5.41, 5.74) is 0. The van der Waals surface area contributed by atoms with E-state index in [4.69, 9.17) is 14.1 Å². The molecule has 8 nitrogen and oxygen atoms in total. The van der Waals surface area contributed by atoms with E-state index in [0.29, 0.717) is 12.5 Å². The first-order chi connectivity index (χ1) is 12.8. The topological polar surface area (TPSA) is 80.7 Å². The van der Waals surface area contributed by atoms with Gasteiger partial charge in [-0.05, 0) is 18.6 Å². The van der Waals surface area contributed by atoms with E-state index in [1.807, 2.05) is 19.2 Å². The minimum Gasteiger partial charge on any atom is -0.467 e. The van der Waals surface area contributed by atoms with Crippen molar-refractivity contribution in [2.45, 2.75) is 32.9 Å². The highest BCUT2D eigenvalue weighted by Gasteiger charge is 2.16. The third kappa shape index (κ3) is 5.08. The molecule has 1 atom stereocenters. The fraction of sp³-hybridized carbons (Fsp3) is 0.611. The van der Waals surface area contributed by atoms with Crippen molar-refractivity contribution < 1.29 is 9.15 Å². The minimum atomic E-state index is 0.508. The number of aromatic nitrogens is 3. The van der Waals surface area contributed by atoms with Crippen molar-refractivity contribution in [1.29, 1.82) is 0 Å². The molecule has 2 aromatic rings. The predicted molar refractivity (Wildman–Crippen MR) is 98.8 cm³/mol. The summed E-state index contributed by atoms with van der Waals surface area (Å²) < 4.78 is 13.0. The molecule has 1 aliphatic rings. The molecule has 1 saturated heterocycles. The quantitative estimate of drug-likeness (QED) is 0.568. The van der Waals surface area contributed by atoms with Gasteiger partial charge in [0.15, 0.2) is 5.96 Å². The number of aryl methyl sites for hydroxylation is 1. The van der Waals surface area contributed by atoms with E-state index in [1.54, 1.807) is 12.6 Å². The van der Waals surface area contributed by atoms with Gasteiger partial charge in [-0.2, -0.15) is 0 Å². The molecule has 0 amide bonds. The van der Waals surface area contributed by atoms with Crippen LogP contribution in [0.3, 0.4) is 0 Å². The van der Waals surface area contributed by atoms with E-state index in [2.05, 4.69) is 31.9 Å². The molecule has 0 spiro atoms. The monoisotopic (exact) mass is 360 g/mol. The van der Waals surface area contributed by atoms with Gasteiger partial charge in [0.2, 0.25) is 0 Å². The van der Waals surface area contributed by atoms with Crippen LogP contribution in [0.25, 0.3) is 0 Å². The normalized spacial score (nSPS) is 17.6. The Morgan fingerprint density at radius 1 is 1.50 bits per heavy atom. The summed E-state index contributed by atoms with van der Waals surface area (Å²) in [4.78, 5) is 6.90. The molecular weight excluding hydrogens is 332 g/mol. The Morgan fingerprint density at radius 3 is 3.15 bits per heavy atom. The molecule has 2 aromatic heterocycles. The van der Waals surface area contributed by atoms with Crippen molar-refractivity contribution in [3.05, 3.63) is 36.3 Å². The average molecular weight is 360 g/mol. The first-order valence-electron chi connectivity index (χ1n) is 9.22. The van der Waals surface area contributed by atoms with Crippen LogP contribution in [0.4, 0.5) is 0 Å². The van der Waals surface area contributed by atoms with E-state index in [9.17, 15) is 0 Å². The minimum absolute atomic E-state index is 0.508. The van der Waals surface area contributed by atoms with E-state index >= 15 is 0 Å². The number of guanidine groups is 1. The third-order valence-electron chi connectivity index (χ3n) is 4.51. The number of hydrogen-bond donors (Lipinski definition) is 1. The van der Waals surface area contributed by atoms with Crippen molar-refractivity contribution in [2.75, 3.05) is 33.4 Å². The zero-order chi connectivity index (χ0) is 18.2. The lowest BCUT2D eigenvalue weighted by Gasteiger charge is -2.22. The zero-order valence-corrected chi connectivity index (χ0v) is 15.6. The first-order valence-corrected chi connectivity index (χ1v) is 9.22. The van der Waals surface area contributed by atoms with Crippen LogP contribution in [0.15, 0.2) is 34.1 Å². The SMILES string of the molecule is CCc1nncn1CCNC(=NCC1CCOC1)N(C)Cc1ccco1. The standard InChI is InChI=1S/C18H28N6O2/c1-3-17-22-21-14-24(17)8-7-19-18(20-11-15-6-10-25-13-15)23(2)12-16-5-4-9-26-16/h4-5,9,14-15H,3,6-8,10-13H2,1-2H3,(H,19,20). The van der Waals surface area contributed by atoms with Crippen LogP contribution in [-0.2, 0) is 24.2 Å². The predicted octanol–water partition coefficient (Wildman–Crippen LogP) is 1.55. The van der Waals surface area contributed by atoms with Crippen LogP contribution in [0.5, 0.6) is 0 Å². The maximum absolute atomic E-state index is 5.46. The van der Waals surface area contributed by atoms with E-state index < -0.39 is 0 Å². The largest absolute Gasteiger partial charge is 0.467 e. The van der Waals surface area contributed by atoms with Gasteiger partial charge in [0.1, 0.15) is 17.9 Å². The molecule has 142 valence electrons. The molecule has 1 unspecified atom stereocenters. The summed E-state index contributed by atoms with van der Waals surface area (Å²) >= 11 is 0. The highest BCUT2D eigenvalue weighted by Crippen LogP contribution is 2.12. The molecule has 8 heteroatoms. The number of nitrogens with zero attached hydrogens (tertiary/aromatic N) is 5. The van der Waals surface area contributed by atoms with Gasteiger partial charge in [-0.3, -0.25) is 4.99 Å². The highest BCUT2D eigenvalue weighted by atomic mass is 16.5. The molecule has 1 aliphatic heterocycles. The fourth-order valence-corrected chi connectivity index (χ4v) is 2.99. The number of ether oxygens (including phenoxy) is 1. The van der Waals surface area contributed by atoms with E-state index in [1.165, 1.54) is 0 Å². The number of nitrogens with one attached hydrogen (secondary N) is 1. The maximum atomic E-state index is 5.46. The molecule has 1 fully saturated rings. The molecule has 1 N–H and O–H groups in total. The van der Waals surface area contributed by atoms with Gasteiger partial charge in [0.05, 0.1) is 19.4 Å². The zero-order valence-electron chi connectivity index (χ0n) is 15.6. The van der Waals surface area contributed by atoms with Crippen LogP contribution in [0.1, 0.15) is 24.9 Å². The second kappa shape index (κ2) is 9.38. The smallest absolute Gasteiger partial charge is 0.194 e. The van der Waals surface area contributed by atoms with Crippen LogP contribution in [0, 0.1) is 5.92 Å². The van der Waals surface area contributed by atoms with Crippen LogP contribution >= 0.6 is 0 Å². The number of furan rings is 1. The lowest BCUT2D eigenvalue weighted by atomic mass is 10.1. The molecule has 0 aromatic carbocycles. The molecule has 3 rings (SSSR count). The lowest BCUT2D eigenvalue weighted by molar-refractivity contribution is 0.187. The Kier molecular flexibility index (Phi) is 6.65. The third-order valence-corrected chi connectivity index (χ3v) is 4.51. The van der Waals surface area contributed by atoms with Crippen LogP contribution in [0.2, 0.25) is 0 Å². The summed E-state index contributed by atoms with van der Waals surface area (Å²) in [7, 11) is 2.02. The van der Waals surface area contributed by atoms with Gasteiger partial charge in [-0.1, -0.05) is 6.92 Å². The molecule has 26 heavy (non-hydrogen) atoms. The van der Waals surface area contributed by atoms with Crippen molar-refractivity contribution in [3.8, 4) is 0 Å². The fourth-order valence-electron chi connectivity index (χ4n) is 2.99. The van der Waals surface area contributed by atoms with Gasteiger partial charge < -0.3 is 23.9 Å². The highest BCUT2D eigenvalue weighted by molar-refractivity contribution is 5.79. The van der Waals surface area contributed by atoms with Gasteiger partial charge in [-0.25, -0.2) is 0 Å². The second-order valence-corrected chi connectivity index (χ2v) is 6.55.